The molecule has 3 aliphatic heterocycles. The molecule has 214 valence electrons. The van der Waals surface area contributed by atoms with Crippen molar-refractivity contribution in [2.24, 2.45) is 16.8 Å². The standard InChI is InChI=1S/C17H21FN2O3.C11H15N5O/c1-19-5-6-20-9-15(23-10-11(20)8-19)14-3-2-13-12(16(14)18)4-7-22-17(13)21;12-14-7-16(13)11-5-4-9-8(6-17)2-1-3-10(9)15-11/h2-3,11,15H,4-10H2,1H3;4-8H,1-3,12-13H2/b;14-7-. The molecular formula is C28H36FN7O4. The number of hydrazine groups is 1. The number of hydrazone groups is 1. The largest absolute Gasteiger partial charge is 0.462 e. The second-order valence-electron chi connectivity index (χ2n) is 10.6. The summed E-state index contributed by atoms with van der Waals surface area (Å²) in [6.07, 6.45) is 5.19. The van der Waals surface area contributed by atoms with Gasteiger partial charge in [-0.3, -0.25) is 4.90 Å². The molecule has 3 unspecified atom stereocenters. The molecule has 2 aromatic rings. The Morgan fingerprint density at radius 3 is 2.80 bits per heavy atom. The summed E-state index contributed by atoms with van der Waals surface area (Å²) in [6.45, 7) is 4.58. The lowest BCUT2D eigenvalue weighted by Gasteiger charge is -2.45. The van der Waals surface area contributed by atoms with Crippen LogP contribution >= 0.6 is 0 Å². The van der Waals surface area contributed by atoms with Crippen molar-refractivity contribution in [1.29, 1.82) is 0 Å². The van der Waals surface area contributed by atoms with Gasteiger partial charge in [0.15, 0.2) is 0 Å². The number of pyridine rings is 1. The van der Waals surface area contributed by atoms with Crippen LogP contribution in [0.5, 0.6) is 0 Å². The number of ether oxygens (including phenoxy) is 2. The van der Waals surface area contributed by atoms with Crippen molar-refractivity contribution in [3.8, 4) is 0 Å². The zero-order valence-corrected chi connectivity index (χ0v) is 22.7. The molecule has 1 aromatic heterocycles. The maximum Gasteiger partial charge on any atom is 0.338 e. The van der Waals surface area contributed by atoms with Crippen molar-refractivity contribution in [3.05, 3.63) is 58.0 Å². The Hall–Kier alpha value is -3.45. The highest BCUT2D eigenvalue weighted by Gasteiger charge is 2.35. The van der Waals surface area contributed by atoms with E-state index in [1.54, 1.807) is 18.2 Å². The minimum atomic E-state index is -0.430. The third kappa shape index (κ3) is 5.85. The number of cyclic esters (lactones) is 1. The first kappa shape index (κ1) is 28.1. The van der Waals surface area contributed by atoms with Crippen molar-refractivity contribution in [2.45, 2.75) is 43.7 Å². The summed E-state index contributed by atoms with van der Waals surface area (Å²) in [5.74, 6) is 10.5. The number of morpholine rings is 1. The Labute approximate surface area is 232 Å². The highest BCUT2D eigenvalue weighted by atomic mass is 19.1. The monoisotopic (exact) mass is 553 g/mol. The number of hydrogen-bond donors (Lipinski definition) is 2. The average Bonchev–Trinajstić information content (AvgIpc) is 2.97. The Morgan fingerprint density at radius 2 is 2.00 bits per heavy atom. The van der Waals surface area contributed by atoms with Crippen molar-refractivity contribution in [2.75, 3.05) is 51.4 Å². The van der Waals surface area contributed by atoms with E-state index < -0.39 is 5.97 Å². The smallest absolute Gasteiger partial charge is 0.338 e. The molecule has 0 bridgehead atoms. The van der Waals surface area contributed by atoms with Crippen LogP contribution in [0.1, 0.15) is 57.6 Å². The molecule has 1 aliphatic carbocycles. The Morgan fingerprint density at radius 1 is 1.18 bits per heavy atom. The summed E-state index contributed by atoms with van der Waals surface area (Å²) >= 11 is 0. The molecule has 2 fully saturated rings. The zero-order valence-electron chi connectivity index (χ0n) is 22.7. The van der Waals surface area contributed by atoms with E-state index in [1.165, 1.54) is 11.3 Å². The Bertz CT molecular complexity index is 1280. The number of aryl methyl sites for hydroxylation is 1. The molecule has 40 heavy (non-hydrogen) atoms. The first-order chi connectivity index (χ1) is 19.4. The second-order valence-corrected chi connectivity index (χ2v) is 10.6. The Balaban J connectivity index is 0.000000170. The predicted molar refractivity (Wildman–Crippen MR) is 147 cm³/mol. The number of nitrogens with two attached hydrogens (primary N) is 2. The summed E-state index contributed by atoms with van der Waals surface area (Å²) in [5, 5.41) is 4.59. The lowest BCUT2D eigenvalue weighted by atomic mass is 9.87. The van der Waals surface area contributed by atoms with Gasteiger partial charge in [0.2, 0.25) is 0 Å². The normalized spacial score (nSPS) is 24.7. The van der Waals surface area contributed by atoms with Gasteiger partial charge in [0.25, 0.3) is 0 Å². The quantitative estimate of drug-likeness (QED) is 0.143. The van der Waals surface area contributed by atoms with Crippen LogP contribution in [0, 0.1) is 5.82 Å². The number of likely N-dealkylation sites (N-methyl/N-ethyl adjacent to an activating group) is 1. The zero-order chi connectivity index (χ0) is 28.2. The topological polar surface area (TPSA) is 140 Å². The molecule has 0 saturated carbocycles. The van der Waals surface area contributed by atoms with Crippen LogP contribution in [0.15, 0.2) is 29.4 Å². The molecule has 6 rings (SSSR count). The fourth-order valence-corrected chi connectivity index (χ4v) is 5.87. The summed E-state index contributed by atoms with van der Waals surface area (Å²) in [5.41, 5.74) is 3.34. The number of aldehydes is 1. The van der Waals surface area contributed by atoms with Crippen LogP contribution in [-0.2, 0) is 27.1 Å². The van der Waals surface area contributed by atoms with Gasteiger partial charge in [-0.25, -0.2) is 25.0 Å². The number of anilines is 1. The van der Waals surface area contributed by atoms with Gasteiger partial charge >= 0.3 is 5.97 Å². The SMILES string of the molecule is CN1CCN2CC(c3ccc4c(c3F)CCOC4=O)OCC2C1.N/N=C\N(N)c1ccc2c(n1)CCCC2C=O. The van der Waals surface area contributed by atoms with Gasteiger partial charge in [-0.05, 0) is 44.0 Å². The van der Waals surface area contributed by atoms with E-state index >= 15 is 0 Å². The van der Waals surface area contributed by atoms with Gasteiger partial charge in [-0.1, -0.05) is 12.1 Å². The van der Waals surface area contributed by atoms with E-state index in [0.717, 1.165) is 56.4 Å². The number of halogens is 1. The fourth-order valence-electron chi connectivity index (χ4n) is 5.87. The molecule has 11 nitrogen and oxygen atoms in total. The van der Waals surface area contributed by atoms with Gasteiger partial charge < -0.3 is 25.0 Å². The van der Waals surface area contributed by atoms with E-state index in [-0.39, 0.29) is 24.4 Å². The molecule has 0 spiro atoms. The third-order valence-electron chi connectivity index (χ3n) is 8.07. The van der Waals surface area contributed by atoms with Gasteiger partial charge in [0, 0.05) is 61.4 Å². The highest BCUT2D eigenvalue weighted by molar-refractivity contribution is 5.92. The number of aromatic nitrogens is 1. The minimum absolute atomic E-state index is 0.0327. The minimum Gasteiger partial charge on any atom is -0.462 e. The van der Waals surface area contributed by atoms with Gasteiger partial charge in [-0.2, -0.15) is 5.10 Å². The number of carbonyl (C=O) groups is 2. The third-order valence-corrected chi connectivity index (χ3v) is 8.07. The molecule has 4 heterocycles. The molecule has 3 atom stereocenters. The lowest BCUT2D eigenvalue weighted by molar-refractivity contribution is -0.109. The predicted octanol–water partition coefficient (Wildman–Crippen LogP) is 1.51. The van der Waals surface area contributed by atoms with Gasteiger partial charge in [-0.15, -0.1) is 0 Å². The molecule has 1 aromatic carbocycles. The molecule has 12 heteroatoms. The van der Waals surface area contributed by atoms with Crippen LogP contribution in [0.4, 0.5) is 10.2 Å². The number of esters is 1. The fraction of sp³-hybridized carbons (Fsp3) is 0.500. The number of benzene rings is 1. The molecule has 0 amide bonds. The number of fused-ring (bicyclic) bond motifs is 3. The van der Waals surface area contributed by atoms with Crippen molar-refractivity contribution in [3.63, 3.8) is 0 Å². The van der Waals surface area contributed by atoms with Crippen LogP contribution in [0.3, 0.4) is 0 Å². The first-order valence-electron chi connectivity index (χ1n) is 13.6. The molecule has 4 N–H and O–H groups in total. The van der Waals surface area contributed by atoms with E-state index in [2.05, 4.69) is 26.9 Å². The Kier molecular flexibility index (Phi) is 8.69. The van der Waals surface area contributed by atoms with Gasteiger partial charge in [0.1, 0.15) is 24.3 Å². The van der Waals surface area contributed by atoms with Crippen molar-refractivity contribution >= 4 is 24.4 Å². The van der Waals surface area contributed by atoms with Gasteiger partial charge in [0.05, 0.1) is 24.9 Å². The number of nitrogens with zero attached hydrogens (tertiary/aromatic N) is 5. The van der Waals surface area contributed by atoms with E-state index in [0.29, 0.717) is 48.1 Å². The number of carbonyl (C=O) groups excluding carboxylic acids is 2. The average molecular weight is 554 g/mol. The second kappa shape index (κ2) is 12.4. The van der Waals surface area contributed by atoms with E-state index in [9.17, 15) is 14.0 Å². The lowest BCUT2D eigenvalue weighted by Crippen LogP contribution is -2.57. The molecule has 0 radical (unpaired) electrons. The van der Waals surface area contributed by atoms with Crippen LogP contribution < -0.4 is 16.7 Å². The molecule has 2 saturated heterocycles. The first-order valence-corrected chi connectivity index (χ1v) is 13.6. The van der Waals surface area contributed by atoms with Crippen LogP contribution in [0.25, 0.3) is 0 Å². The number of piperazine rings is 1. The summed E-state index contributed by atoms with van der Waals surface area (Å²) in [6, 6.07) is 7.42. The highest BCUT2D eigenvalue weighted by Crippen LogP contribution is 2.32. The van der Waals surface area contributed by atoms with E-state index in [1.807, 2.05) is 6.07 Å². The van der Waals surface area contributed by atoms with Crippen LogP contribution in [0.2, 0.25) is 0 Å². The van der Waals surface area contributed by atoms with Crippen molar-refractivity contribution in [1.82, 2.24) is 14.8 Å². The summed E-state index contributed by atoms with van der Waals surface area (Å²) in [7, 11) is 2.12. The van der Waals surface area contributed by atoms with E-state index in [4.69, 9.17) is 21.2 Å². The maximum atomic E-state index is 14.9. The number of rotatable bonds is 4. The number of hydrogen-bond acceptors (Lipinski definition) is 10. The maximum absolute atomic E-state index is 14.9. The van der Waals surface area contributed by atoms with Crippen molar-refractivity contribution < 1.29 is 23.5 Å². The molecule has 4 aliphatic rings. The summed E-state index contributed by atoms with van der Waals surface area (Å²) in [4.78, 5) is 31.8. The van der Waals surface area contributed by atoms with Crippen LogP contribution in [-0.4, -0.2) is 85.9 Å². The summed E-state index contributed by atoms with van der Waals surface area (Å²) < 4.78 is 25.8. The molecular weight excluding hydrogens is 517 g/mol.